The number of nitriles is 1. The van der Waals surface area contributed by atoms with Crippen LogP contribution in [0.5, 0.6) is 0 Å². The van der Waals surface area contributed by atoms with Gasteiger partial charge in [-0.2, -0.15) is 10.4 Å². The van der Waals surface area contributed by atoms with Crippen molar-refractivity contribution in [1.82, 2.24) is 19.9 Å². The molecule has 2 N–H and O–H groups in total. The molecule has 0 fully saturated rings. The van der Waals surface area contributed by atoms with Crippen LogP contribution in [0.2, 0.25) is 0 Å². The fourth-order valence-electron chi connectivity index (χ4n) is 1.53. The first-order valence-corrected chi connectivity index (χ1v) is 6.95. The zero-order valence-electron chi connectivity index (χ0n) is 9.87. The Morgan fingerprint density at radius 3 is 2.84 bits per heavy atom. The highest BCUT2D eigenvalue weighted by Gasteiger charge is 2.17. The molecular weight excluding hydrogens is 266 g/mol. The zero-order chi connectivity index (χ0) is 13.7. The Kier molecular flexibility index (Phi) is 3.89. The molecule has 98 valence electrons. The van der Waals surface area contributed by atoms with Crippen molar-refractivity contribution in [3.8, 4) is 6.07 Å². The van der Waals surface area contributed by atoms with Gasteiger partial charge in [-0.3, -0.25) is 5.10 Å². The minimum Gasteiger partial charge on any atom is -0.263 e. The van der Waals surface area contributed by atoms with Crippen molar-refractivity contribution >= 4 is 10.0 Å². The summed E-state index contributed by atoms with van der Waals surface area (Å²) < 4.78 is 26.5. The molecule has 1 aromatic heterocycles. The number of hydrogen-bond acceptors (Lipinski definition) is 5. The molecular formula is C11H11N5O2S. The summed E-state index contributed by atoms with van der Waals surface area (Å²) in [6.45, 7) is 0.178. The van der Waals surface area contributed by atoms with Gasteiger partial charge >= 0.3 is 0 Å². The van der Waals surface area contributed by atoms with Gasteiger partial charge in [0.25, 0.3) is 0 Å². The highest BCUT2D eigenvalue weighted by molar-refractivity contribution is 7.89. The molecule has 8 heteroatoms. The van der Waals surface area contributed by atoms with Crippen LogP contribution < -0.4 is 4.72 Å². The molecule has 0 spiro atoms. The van der Waals surface area contributed by atoms with Gasteiger partial charge in [-0.15, -0.1) is 0 Å². The number of benzene rings is 1. The van der Waals surface area contributed by atoms with E-state index in [4.69, 9.17) is 5.26 Å². The summed E-state index contributed by atoms with van der Waals surface area (Å²) in [6.07, 6.45) is 1.75. The average molecular weight is 277 g/mol. The van der Waals surface area contributed by atoms with Gasteiger partial charge in [-0.05, 0) is 12.1 Å². The summed E-state index contributed by atoms with van der Waals surface area (Å²) in [7, 11) is -3.69. The largest absolute Gasteiger partial charge is 0.263 e. The molecule has 0 unspecified atom stereocenters. The van der Waals surface area contributed by atoms with E-state index < -0.39 is 10.0 Å². The third kappa shape index (κ3) is 3.15. The molecule has 0 radical (unpaired) electrons. The van der Waals surface area contributed by atoms with Crippen molar-refractivity contribution in [2.75, 3.05) is 6.54 Å². The van der Waals surface area contributed by atoms with E-state index in [1.165, 1.54) is 18.5 Å². The number of nitrogens with one attached hydrogen (secondary N) is 2. The van der Waals surface area contributed by atoms with Crippen LogP contribution in [0.15, 0.2) is 35.5 Å². The van der Waals surface area contributed by atoms with Crippen LogP contribution in [0.1, 0.15) is 11.4 Å². The minimum atomic E-state index is -3.69. The summed E-state index contributed by atoms with van der Waals surface area (Å²) in [6, 6.07) is 7.91. The Balaban J connectivity index is 2.08. The third-order valence-corrected chi connectivity index (χ3v) is 3.94. The predicted molar refractivity (Wildman–Crippen MR) is 66.4 cm³/mol. The van der Waals surface area contributed by atoms with Gasteiger partial charge in [0, 0.05) is 13.0 Å². The summed E-state index contributed by atoms with van der Waals surface area (Å²) in [4.78, 5) is 3.87. The molecule has 1 aromatic carbocycles. The minimum absolute atomic E-state index is 0.0185. The van der Waals surface area contributed by atoms with E-state index in [-0.39, 0.29) is 17.0 Å². The second kappa shape index (κ2) is 5.60. The van der Waals surface area contributed by atoms with Crippen LogP contribution in [0.25, 0.3) is 0 Å². The number of aromatic amines is 1. The van der Waals surface area contributed by atoms with Crippen LogP contribution in [-0.2, 0) is 16.4 Å². The van der Waals surface area contributed by atoms with Gasteiger partial charge in [0.15, 0.2) is 0 Å². The van der Waals surface area contributed by atoms with Gasteiger partial charge in [0.05, 0.1) is 10.5 Å². The number of H-pyrrole nitrogens is 1. The van der Waals surface area contributed by atoms with E-state index in [0.29, 0.717) is 12.2 Å². The first kappa shape index (κ1) is 13.2. The molecule has 0 saturated heterocycles. The number of rotatable bonds is 5. The van der Waals surface area contributed by atoms with E-state index in [0.717, 1.165) is 0 Å². The predicted octanol–water partition coefficient (Wildman–Crippen LogP) is 0.197. The molecule has 2 rings (SSSR count). The lowest BCUT2D eigenvalue weighted by Crippen LogP contribution is -2.26. The van der Waals surface area contributed by atoms with Crippen molar-refractivity contribution in [2.24, 2.45) is 0 Å². The molecule has 0 saturated carbocycles. The fraction of sp³-hybridized carbons (Fsp3) is 0.182. The summed E-state index contributed by atoms with van der Waals surface area (Å²) >= 11 is 0. The smallest absolute Gasteiger partial charge is 0.241 e. The number of aromatic nitrogens is 3. The molecule has 2 aromatic rings. The van der Waals surface area contributed by atoms with Gasteiger partial charge in [0.2, 0.25) is 10.0 Å². The highest BCUT2D eigenvalue weighted by Crippen LogP contribution is 2.13. The number of nitrogens with zero attached hydrogens (tertiary/aromatic N) is 3. The standard InChI is InChI=1S/C11H11N5O2S/c12-7-9-3-1-2-4-10(9)19(17,18)15-6-5-11-13-8-14-16-11/h1-4,8,15H,5-6H2,(H,13,14,16). The maximum absolute atomic E-state index is 12.0. The van der Waals surface area contributed by atoms with Crippen molar-refractivity contribution in [2.45, 2.75) is 11.3 Å². The Morgan fingerprint density at radius 1 is 1.37 bits per heavy atom. The SMILES string of the molecule is N#Cc1ccccc1S(=O)(=O)NCCc1ncn[nH]1. The quantitative estimate of drug-likeness (QED) is 0.810. The van der Waals surface area contributed by atoms with E-state index in [9.17, 15) is 8.42 Å². The van der Waals surface area contributed by atoms with E-state index in [1.54, 1.807) is 12.1 Å². The van der Waals surface area contributed by atoms with Crippen LogP contribution >= 0.6 is 0 Å². The van der Waals surface area contributed by atoms with Gasteiger partial charge < -0.3 is 0 Å². The van der Waals surface area contributed by atoms with Crippen molar-refractivity contribution in [1.29, 1.82) is 5.26 Å². The maximum atomic E-state index is 12.0. The topological polar surface area (TPSA) is 112 Å². The molecule has 1 heterocycles. The Labute approximate surface area is 110 Å². The van der Waals surface area contributed by atoms with Crippen molar-refractivity contribution < 1.29 is 8.42 Å². The van der Waals surface area contributed by atoms with Crippen LogP contribution in [0.3, 0.4) is 0 Å². The van der Waals surface area contributed by atoms with E-state index in [2.05, 4.69) is 19.9 Å². The maximum Gasteiger partial charge on any atom is 0.241 e. The third-order valence-electron chi connectivity index (χ3n) is 2.42. The lowest BCUT2D eigenvalue weighted by Gasteiger charge is -2.06. The molecule has 7 nitrogen and oxygen atoms in total. The summed E-state index contributed by atoms with van der Waals surface area (Å²) in [5.74, 6) is 0.594. The first-order chi connectivity index (χ1) is 9.13. The Hall–Kier alpha value is -2.24. The second-order valence-electron chi connectivity index (χ2n) is 3.69. The van der Waals surface area contributed by atoms with E-state index in [1.807, 2.05) is 6.07 Å². The zero-order valence-corrected chi connectivity index (χ0v) is 10.7. The van der Waals surface area contributed by atoms with Crippen molar-refractivity contribution in [3.63, 3.8) is 0 Å². The first-order valence-electron chi connectivity index (χ1n) is 5.46. The summed E-state index contributed by atoms with van der Waals surface area (Å²) in [5, 5.41) is 15.2. The van der Waals surface area contributed by atoms with Crippen LogP contribution in [-0.4, -0.2) is 30.1 Å². The van der Waals surface area contributed by atoms with Crippen molar-refractivity contribution in [3.05, 3.63) is 42.0 Å². The molecule has 0 aliphatic carbocycles. The lowest BCUT2D eigenvalue weighted by atomic mass is 10.2. The second-order valence-corrected chi connectivity index (χ2v) is 5.42. The number of sulfonamides is 1. The molecule has 0 amide bonds. The monoisotopic (exact) mass is 277 g/mol. The molecule has 0 aliphatic heterocycles. The average Bonchev–Trinajstić information content (AvgIpc) is 2.91. The highest BCUT2D eigenvalue weighted by atomic mass is 32.2. The molecule has 0 atom stereocenters. The molecule has 0 aliphatic rings. The normalized spacial score (nSPS) is 11.1. The summed E-state index contributed by atoms with van der Waals surface area (Å²) in [5.41, 5.74) is 0.120. The van der Waals surface area contributed by atoms with Gasteiger partial charge in [0.1, 0.15) is 18.2 Å². The molecule has 0 bridgehead atoms. The fourth-order valence-corrected chi connectivity index (χ4v) is 2.71. The van der Waals surface area contributed by atoms with Crippen LogP contribution in [0.4, 0.5) is 0 Å². The van der Waals surface area contributed by atoms with Gasteiger partial charge in [-0.25, -0.2) is 18.1 Å². The lowest BCUT2D eigenvalue weighted by molar-refractivity contribution is 0.580. The van der Waals surface area contributed by atoms with E-state index >= 15 is 0 Å². The Bertz CT molecular complexity index is 688. The van der Waals surface area contributed by atoms with Gasteiger partial charge in [-0.1, -0.05) is 12.1 Å². The number of hydrogen-bond donors (Lipinski definition) is 2. The Morgan fingerprint density at radius 2 is 2.16 bits per heavy atom. The van der Waals surface area contributed by atoms with Crippen LogP contribution in [0, 0.1) is 11.3 Å². The molecule has 19 heavy (non-hydrogen) atoms.